The van der Waals surface area contributed by atoms with Crippen molar-refractivity contribution in [2.45, 2.75) is 13.5 Å². The number of hydrogen-bond donors (Lipinski definition) is 2. The summed E-state index contributed by atoms with van der Waals surface area (Å²) in [7, 11) is 0. The van der Waals surface area contributed by atoms with E-state index in [1.165, 1.54) is 9.64 Å². The maximum atomic E-state index is 13.2. The van der Waals surface area contributed by atoms with Gasteiger partial charge in [0.1, 0.15) is 0 Å². The van der Waals surface area contributed by atoms with Gasteiger partial charge in [0, 0.05) is 21.4 Å². The van der Waals surface area contributed by atoms with Gasteiger partial charge in [-0.1, -0.05) is 12.1 Å². The van der Waals surface area contributed by atoms with Crippen molar-refractivity contribution in [3.05, 3.63) is 56.9 Å². The Morgan fingerprint density at radius 1 is 1.28 bits per heavy atom. The van der Waals surface area contributed by atoms with E-state index in [-0.39, 0.29) is 5.75 Å². The summed E-state index contributed by atoms with van der Waals surface area (Å²) in [6.45, 7) is 2.40. The molecule has 0 fully saturated rings. The van der Waals surface area contributed by atoms with Crippen LogP contribution in [0.1, 0.15) is 11.1 Å². The molecule has 0 bridgehead atoms. The molecule has 0 aliphatic rings. The van der Waals surface area contributed by atoms with E-state index in [4.69, 9.17) is 0 Å². The number of rotatable bonds is 3. The van der Waals surface area contributed by atoms with Gasteiger partial charge in [0.25, 0.3) is 0 Å². The van der Waals surface area contributed by atoms with E-state index in [1.807, 2.05) is 19.1 Å². The van der Waals surface area contributed by atoms with Crippen LogP contribution in [-0.2, 0) is 6.54 Å². The van der Waals surface area contributed by atoms with E-state index in [0.717, 1.165) is 11.3 Å². The molecule has 0 spiro atoms. The fourth-order valence-corrected chi connectivity index (χ4v) is 2.37. The Bertz CT molecular complexity index is 572. The second-order valence-corrected chi connectivity index (χ2v) is 5.31. The van der Waals surface area contributed by atoms with Gasteiger partial charge >= 0.3 is 0 Å². The molecule has 0 unspecified atom stereocenters. The Labute approximate surface area is 119 Å². The fourth-order valence-electron chi connectivity index (χ4n) is 1.72. The zero-order valence-corrected chi connectivity index (χ0v) is 12.0. The summed E-state index contributed by atoms with van der Waals surface area (Å²) < 4.78 is 14.3. The normalized spacial score (nSPS) is 10.4. The third-order valence-electron chi connectivity index (χ3n) is 2.73. The number of anilines is 1. The van der Waals surface area contributed by atoms with E-state index >= 15 is 0 Å². The van der Waals surface area contributed by atoms with Crippen LogP contribution in [-0.4, -0.2) is 5.11 Å². The predicted octanol–water partition coefficient (Wildman–Crippen LogP) is 4.06. The maximum absolute atomic E-state index is 13.2. The summed E-state index contributed by atoms with van der Waals surface area (Å²) in [4.78, 5) is 0. The highest BCUT2D eigenvalue weighted by molar-refractivity contribution is 14.1. The monoisotopic (exact) mass is 357 g/mol. The van der Waals surface area contributed by atoms with Crippen molar-refractivity contribution in [2.24, 2.45) is 0 Å². The summed E-state index contributed by atoms with van der Waals surface area (Å²) >= 11 is 2.25. The minimum absolute atomic E-state index is 0.284. The molecule has 0 aliphatic carbocycles. The summed E-state index contributed by atoms with van der Waals surface area (Å²) in [6, 6.07) is 10.6. The predicted molar refractivity (Wildman–Crippen MR) is 79.3 cm³/mol. The number of halogens is 2. The van der Waals surface area contributed by atoms with Crippen LogP contribution in [0.3, 0.4) is 0 Å². The number of phenolic OH excluding ortho intramolecular Hbond substituents is 1. The Hall–Kier alpha value is -1.30. The van der Waals surface area contributed by atoms with Crippen molar-refractivity contribution in [1.82, 2.24) is 0 Å². The lowest BCUT2D eigenvalue weighted by Crippen LogP contribution is -2.02. The second kappa shape index (κ2) is 5.56. The van der Waals surface area contributed by atoms with Crippen LogP contribution < -0.4 is 5.32 Å². The van der Waals surface area contributed by atoms with Crippen molar-refractivity contribution in [3.63, 3.8) is 0 Å². The maximum Gasteiger partial charge on any atom is 0.165 e. The van der Waals surface area contributed by atoms with Gasteiger partial charge in [-0.15, -0.1) is 0 Å². The number of benzene rings is 2. The molecule has 0 saturated carbocycles. The minimum atomic E-state index is -0.589. The second-order valence-electron chi connectivity index (χ2n) is 4.06. The first-order valence-electron chi connectivity index (χ1n) is 5.54. The van der Waals surface area contributed by atoms with Gasteiger partial charge in [0.05, 0.1) is 0 Å². The minimum Gasteiger partial charge on any atom is -0.505 e. The average Bonchev–Trinajstić information content (AvgIpc) is 2.33. The first kappa shape index (κ1) is 13.1. The molecule has 2 N–H and O–H groups in total. The van der Waals surface area contributed by atoms with Crippen molar-refractivity contribution in [1.29, 1.82) is 0 Å². The van der Waals surface area contributed by atoms with Gasteiger partial charge in [-0.05, 0) is 59.3 Å². The molecular weight excluding hydrogens is 344 g/mol. The molecule has 0 heterocycles. The van der Waals surface area contributed by atoms with E-state index in [0.29, 0.717) is 12.1 Å². The van der Waals surface area contributed by atoms with E-state index < -0.39 is 5.82 Å². The van der Waals surface area contributed by atoms with Crippen molar-refractivity contribution >= 4 is 28.3 Å². The number of nitrogens with one attached hydrogen (secondary N) is 1. The van der Waals surface area contributed by atoms with Gasteiger partial charge in [0.15, 0.2) is 11.6 Å². The molecule has 2 rings (SSSR count). The number of hydrogen-bond acceptors (Lipinski definition) is 2. The standard InChI is InChI=1S/C14H13FINO/c1-9-7-11(16)5-6-13(9)17-8-10-3-2-4-12(15)14(10)18/h2-7,17-18H,8H2,1H3. The molecular formula is C14H13FINO. The first-order valence-corrected chi connectivity index (χ1v) is 6.62. The van der Waals surface area contributed by atoms with Gasteiger partial charge in [-0.3, -0.25) is 0 Å². The summed E-state index contributed by atoms with van der Waals surface area (Å²) in [5.74, 6) is -0.873. The highest BCUT2D eigenvalue weighted by Crippen LogP contribution is 2.23. The molecule has 0 aromatic heterocycles. The summed E-state index contributed by atoms with van der Waals surface area (Å²) in [5, 5.41) is 12.8. The highest BCUT2D eigenvalue weighted by atomic mass is 127. The summed E-state index contributed by atoms with van der Waals surface area (Å²) in [6.07, 6.45) is 0. The van der Waals surface area contributed by atoms with E-state index in [9.17, 15) is 9.50 Å². The van der Waals surface area contributed by atoms with Crippen LogP contribution in [0.15, 0.2) is 36.4 Å². The van der Waals surface area contributed by atoms with Crippen LogP contribution in [0.4, 0.5) is 10.1 Å². The number of para-hydroxylation sites is 1. The molecule has 0 aliphatic heterocycles. The zero-order valence-electron chi connectivity index (χ0n) is 9.87. The summed E-state index contributed by atoms with van der Waals surface area (Å²) in [5.41, 5.74) is 2.66. The molecule has 0 atom stereocenters. The van der Waals surface area contributed by atoms with Crippen LogP contribution in [0.5, 0.6) is 5.75 Å². The van der Waals surface area contributed by atoms with Crippen LogP contribution in [0, 0.1) is 16.3 Å². The lowest BCUT2D eigenvalue weighted by Gasteiger charge is -2.11. The Morgan fingerprint density at radius 3 is 2.78 bits per heavy atom. The topological polar surface area (TPSA) is 32.3 Å². The third kappa shape index (κ3) is 2.93. The molecule has 2 aromatic rings. The smallest absolute Gasteiger partial charge is 0.165 e. The van der Waals surface area contributed by atoms with E-state index in [1.54, 1.807) is 12.1 Å². The van der Waals surface area contributed by atoms with Gasteiger partial charge < -0.3 is 10.4 Å². The zero-order chi connectivity index (χ0) is 13.1. The Kier molecular flexibility index (Phi) is 4.06. The molecule has 0 amide bonds. The molecule has 4 heteroatoms. The molecule has 2 nitrogen and oxygen atoms in total. The van der Waals surface area contributed by atoms with Crippen molar-refractivity contribution in [2.75, 3.05) is 5.32 Å². The lowest BCUT2D eigenvalue weighted by molar-refractivity contribution is 0.427. The van der Waals surface area contributed by atoms with Crippen molar-refractivity contribution < 1.29 is 9.50 Å². The quantitative estimate of drug-likeness (QED) is 0.813. The van der Waals surface area contributed by atoms with Gasteiger partial charge in [0.2, 0.25) is 0 Å². The largest absolute Gasteiger partial charge is 0.505 e. The van der Waals surface area contributed by atoms with Crippen LogP contribution in [0.25, 0.3) is 0 Å². The molecule has 94 valence electrons. The number of aromatic hydroxyl groups is 1. The fraction of sp³-hybridized carbons (Fsp3) is 0.143. The third-order valence-corrected chi connectivity index (χ3v) is 3.40. The highest BCUT2D eigenvalue weighted by Gasteiger charge is 2.06. The molecule has 0 saturated heterocycles. The first-order chi connectivity index (χ1) is 8.58. The van der Waals surface area contributed by atoms with Crippen LogP contribution >= 0.6 is 22.6 Å². The van der Waals surface area contributed by atoms with Crippen LogP contribution in [0.2, 0.25) is 0 Å². The van der Waals surface area contributed by atoms with Gasteiger partial charge in [-0.2, -0.15) is 0 Å². The van der Waals surface area contributed by atoms with E-state index in [2.05, 4.69) is 34.0 Å². The molecule has 2 aromatic carbocycles. The molecule has 0 radical (unpaired) electrons. The molecule has 18 heavy (non-hydrogen) atoms. The Morgan fingerprint density at radius 2 is 2.06 bits per heavy atom. The van der Waals surface area contributed by atoms with Gasteiger partial charge in [-0.25, -0.2) is 4.39 Å². The number of aryl methyl sites for hydroxylation is 1. The Balaban J connectivity index is 2.14. The SMILES string of the molecule is Cc1cc(I)ccc1NCc1cccc(F)c1O. The van der Waals surface area contributed by atoms with Crippen molar-refractivity contribution in [3.8, 4) is 5.75 Å². The lowest BCUT2D eigenvalue weighted by atomic mass is 10.1. The average molecular weight is 357 g/mol. The number of phenols is 1.